The van der Waals surface area contributed by atoms with Crippen molar-refractivity contribution in [1.82, 2.24) is 4.90 Å². The molecule has 0 aromatic rings. The molecule has 1 fully saturated rings. The predicted molar refractivity (Wildman–Crippen MR) is 53.6 cm³/mol. The second-order valence-corrected chi connectivity index (χ2v) is 4.49. The fraction of sp³-hybridized carbons (Fsp3) is 0.889. The Morgan fingerprint density at radius 1 is 1.64 bits per heavy atom. The Kier molecular flexibility index (Phi) is 3.47. The molecule has 1 aliphatic heterocycles. The fourth-order valence-corrected chi connectivity index (χ4v) is 1.59. The number of rotatable bonds is 3. The van der Waals surface area contributed by atoms with Gasteiger partial charge >= 0.3 is 0 Å². The molecule has 14 heavy (non-hydrogen) atoms. The molecule has 1 heterocycles. The maximum atomic E-state index is 10.9. The van der Waals surface area contributed by atoms with E-state index < -0.39 is 12.0 Å². The highest BCUT2D eigenvalue weighted by atomic mass is 16.5. The minimum Gasteiger partial charge on any atom is -0.367 e. The molecule has 82 valence electrons. The van der Waals surface area contributed by atoms with E-state index in [4.69, 9.17) is 16.2 Å². The first-order valence-electron chi connectivity index (χ1n) is 4.81. The van der Waals surface area contributed by atoms with Crippen LogP contribution in [-0.4, -0.2) is 48.7 Å². The number of hydrogen-bond donors (Lipinski definition) is 2. The summed E-state index contributed by atoms with van der Waals surface area (Å²) in [4.78, 5) is 13.0. The van der Waals surface area contributed by atoms with Gasteiger partial charge in [0.15, 0.2) is 0 Å². The van der Waals surface area contributed by atoms with Crippen LogP contribution >= 0.6 is 0 Å². The predicted octanol–water partition coefficient (Wildman–Crippen LogP) is -1.09. The van der Waals surface area contributed by atoms with Crippen molar-refractivity contribution in [3.63, 3.8) is 0 Å². The van der Waals surface area contributed by atoms with Gasteiger partial charge in [0, 0.05) is 25.2 Å². The second-order valence-electron chi connectivity index (χ2n) is 4.49. The molecule has 0 bridgehead atoms. The SMILES string of the molecule is CC(C)(N)CN1CCOC(C(N)=O)C1. The van der Waals surface area contributed by atoms with E-state index >= 15 is 0 Å². The summed E-state index contributed by atoms with van der Waals surface area (Å²) < 4.78 is 5.23. The van der Waals surface area contributed by atoms with Crippen molar-refractivity contribution in [2.24, 2.45) is 11.5 Å². The Balaban J connectivity index is 2.44. The molecule has 0 aromatic carbocycles. The van der Waals surface area contributed by atoms with E-state index in [1.807, 2.05) is 13.8 Å². The molecular weight excluding hydrogens is 182 g/mol. The van der Waals surface area contributed by atoms with Gasteiger partial charge in [-0.2, -0.15) is 0 Å². The Morgan fingerprint density at radius 2 is 2.29 bits per heavy atom. The molecule has 5 heteroatoms. The quantitative estimate of drug-likeness (QED) is 0.608. The van der Waals surface area contributed by atoms with Crippen LogP contribution < -0.4 is 11.5 Å². The molecule has 1 saturated heterocycles. The summed E-state index contributed by atoms with van der Waals surface area (Å²) in [5.74, 6) is -0.399. The van der Waals surface area contributed by atoms with Gasteiger partial charge in [-0.05, 0) is 13.8 Å². The van der Waals surface area contributed by atoms with Crippen LogP contribution in [0, 0.1) is 0 Å². The van der Waals surface area contributed by atoms with Gasteiger partial charge in [-0.1, -0.05) is 0 Å². The van der Waals surface area contributed by atoms with Crippen LogP contribution in [0.3, 0.4) is 0 Å². The zero-order valence-corrected chi connectivity index (χ0v) is 8.82. The van der Waals surface area contributed by atoms with Gasteiger partial charge in [0.25, 0.3) is 0 Å². The van der Waals surface area contributed by atoms with Gasteiger partial charge in [0.1, 0.15) is 6.10 Å². The van der Waals surface area contributed by atoms with Crippen LogP contribution in [0.2, 0.25) is 0 Å². The lowest BCUT2D eigenvalue weighted by atomic mass is 10.1. The zero-order valence-electron chi connectivity index (χ0n) is 8.82. The van der Waals surface area contributed by atoms with Crippen LogP contribution in [0.5, 0.6) is 0 Å². The number of amides is 1. The van der Waals surface area contributed by atoms with Crippen molar-refractivity contribution in [2.75, 3.05) is 26.2 Å². The number of primary amides is 1. The second kappa shape index (κ2) is 4.25. The number of carbonyl (C=O) groups excluding carboxylic acids is 1. The number of carbonyl (C=O) groups is 1. The average Bonchev–Trinajstić information content (AvgIpc) is 2.01. The van der Waals surface area contributed by atoms with Crippen LogP contribution in [0.15, 0.2) is 0 Å². The Hall–Kier alpha value is -0.650. The molecule has 1 rings (SSSR count). The van der Waals surface area contributed by atoms with E-state index in [2.05, 4.69) is 4.90 Å². The standard InChI is InChI=1S/C9H19N3O2/c1-9(2,11)6-12-3-4-14-7(5-12)8(10)13/h7H,3-6,11H2,1-2H3,(H2,10,13). The van der Waals surface area contributed by atoms with Crippen LogP contribution in [-0.2, 0) is 9.53 Å². The van der Waals surface area contributed by atoms with E-state index in [9.17, 15) is 4.79 Å². The van der Waals surface area contributed by atoms with Gasteiger partial charge in [-0.15, -0.1) is 0 Å². The highest BCUT2D eigenvalue weighted by Gasteiger charge is 2.27. The molecule has 1 amide bonds. The lowest BCUT2D eigenvalue weighted by Crippen LogP contribution is -2.54. The van der Waals surface area contributed by atoms with Crippen molar-refractivity contribution in [3.8, 4) is 0 Å². The molecule has 1 atom stereocenters. The maximum absolute atomic E-state index is 10.9. The van der Waals surface area contributed by atoms with E-state index in [1.165, 1.54) is 0 Å². The molecule has 4 N–H and O–H groups in total. The van der Waals surface area contributed by atoms with Crippen molar-refractivity contribution in [3.05, 3.63) is 0 Å². The molecule has 0 spiro atoms. The largest absolute Gasteiger partial charge is 0.367 e. The summed E-state index contributed by atoms with van der Waals surface area (Å²) in [7, 11) is 0. The lowest BCUT2D eigenvalue weighted by Gasteiger charge is -2.35. The van der Waals surface area contributed by atoms with Gasteiger partial charge in [-0.25, -0.2) is 0 Å². The monoisotopic (exact) mass is 201 g/mol. The summed E-state index contributed by atoms with van der Waals surface area (Å²) in [6.45, 7) is 6.58. The summed E-state index contributed by atoms with van der Waals surface area (Å²) in [6.07, 6.45) is -0.480. The number of hydrogen-bond acceptors (Lipinski definition) is 4. The molecule has 5 nitrogen and oxygen atoms in total. The van der Waals surface area contributed by atoms with E-state index in [1.54, 1.807) is 0 Å². The van der Waals surface area contributed by atoms with E-state index in [-0.39, 0.29) is 5.54 Å². The lowest BCUT2D eigenvalue weighted by molar-refractivity contribution is -0.135. The van der Waals surface area contributed by atoms with Crippen LogP contribution in [0.1, 0.15) is 13.8 Å². The van der Waals surface area contributed by atoms with Crippen LogP contribution in [0.25, 0.3) is 0 Å². The van der Waals surface area contributed by atoms with Gasteiger partial charge in [0.05, 0.1) is 6.61 Å². The minimum atomic E-state index is -0.480. The summed E-state index contributed by atoms with van der Waals surface area (Å²) in [5.41, 5.74) is 10.8. The van der Waals surface area contributed by atoms with Gasteiger partial charge in [0.2, 0.25) is 5.91 Å². The van der Waals surface area contributed by atoms with Crippen LogP contribution in [0.4, 0.5) is 0 Å². The number of ether oxygens (including phenoxy) is 1. The van der Waals surface area contributed by atoms with E-state index in [0.29, 0.717) is 13.2 Å². The van der Waals surface area contributed by atoms with Crippen molar-refractivity contribution in [1.29, 1.82) is 0 Å². The zero-order chi connectivity index (χ0) is 10.8. The smallest absolute Gasteiger partial charge is 0.247 e. The Bertz CT molecular complexity index is 213. The van der Waals surface area contributed by atoms with E-state index in [0.717, 1.165) is 13.1 Å². The maximum Gasteiger partial charge on any atom is 0.247 e. The average molecular weight is 201 g/mol. The first-order chi connectivity index (χ1) is 6.38. The van der Waals surface area contributed by atoms with Crippen molar-refractivity contribution >= 4 is 5.91 Å². The fourth-order valence-electron chi connectivity index (χ4n) is 1.59. The molecule has 0 saturated carbocycles. The highest BCUT2D eigenvalue weighted by Crippen LogP contribution is 2.08. The molecule has 1 unspecified atom stereocenters. The number of morpholine rings is 1. The topological polar surface area (TPSA) is 81.6 Å². The molecule has 0 aromatic heterocycles. The van der Waals surface area contributed by atoms with Crippen molar-refractivity contribution < 1.29 is 9.53 Å². The summed E-state index contributed by atoms with van der Waals surface area (Å²) in [6, 6.07) is 0. The Labute approximate surface area is 84.4 Å². The van der Waals surface area contributed by atoms with Gasteiger partial charge in [-0.3, -0.25) is 9.69 Å². The first kappa shape index (κ1) is 11.4. The third-order valence-electron chi connectivity index (χ3n) is 2.10. The Morgan fingerprint density at radius 3 is 2.79 bits per heavy atom. The molecule has 1 aliphatic rings. The number of nitrogens with zero attached hydrogens (tertiary/aromatic N) is 1. The molecule has 0 aliphatic carbocycles. The third-order valence-corrected chi connectivity index (χ3v) is 2.10. The summed E-state index contributed by atoms with van der Waals surface area (Å²) in [5, 5.41) is 0. The van der Waals surface area contributed by atoms with Crippen molar-refractivity contribution in [2.45, 2.75) is 25.5 Å². The normalized spacial score (nSPS) is 24.9. The molecule has 0 radical (unpaired) electrons. The highest BCUT2D eigenvalue weighted by molar-refractivity contribution is 5.79. The molecular formula is C9H19N3O2. The summed E-state index contributed by atoms with van der Waals surface area (Å²) >= 11 is 0. The first-order valence-corrected chi connectivity index (χ1v) is 4.81. The minimum absolute atomic E-state index is 0.250. The number of nitrogens with two attached hydrogens (primary N) is 2. The third kappa shape index (κ3) is 3.61. The van der Waals surface area contributed by atoms with Gasteiger partial charge < -0.3 is 16.2 Å².